The Morgan fingerprint density at radius 2 is 0.927 bits per heavy atom. The summed E-state index contributed by atoms with van der Waals surface area (Å²) in [7, 11) is 0. The number of rotatable bonds is 39. The number of carbonyl (C=O) groups excluding carboxylic acids is 4. The van der Waals surface area contributed by atoms with Gasteiger partial charge < -0.3 is 68.6 Å². The van der Waals surface area contributed by atoms with Crippen molar-refractivity contribution in [2.75, 3.05) is 65.8 Å². The first kappa shape index (κ1) is 89.0. The summed E-state index contributed by atoms with van der Waals surface area (Å²) in [5.41, 5.74) is 1.88. The van der Waals surface area contributed by atoms with Crippen LogP contribution in [0.3, 0.4) is 0 Å². The van der Waals surface area contributed by atoms with Gasteiger partial charge in [0.2, 0.25) is 0 Å². The van der Waals surface area contributed by atoms with Crippen LogP contribution in [0.25, 0.3) is 0 Å². The zero-order chi connectivity index (χ0) is 79.9. The van der Waals surface area contributed by atoms with Crippen LogP contribution in [0.5, 0.6) is 17.2 Å². The number of fused-ring (bicyclic) bond motifs is 5. The van der Waals surface area contributed by atoms with Crippen molar-refractivity contribution in [3.05, 3.63) is 123 Å². The zero-order valence-electron chi connectivity index (χ0n) is 67.1. The Labute approximate surface area is 643 Å². The molecule has 2 fully saturated rings. The molecule has 4 amide bonds. The highest BCUT2D eigenvalue weighted by molar-refractivity contribution is 5.69. The number of aryl methyl sites for hydroxylation is 3. The number of amides is 4. The third-order valence-corrected chi connectivity index (χ3v) is 20.0. The van der Waals surface area contributed by atoms with E-state index in [2.05, 4.69) is 76.7 Å². The monoisotopic (exact) mass is 1540 g/mol. The molecule has 0 bridgehead atoms. The Morgan fingerprint density at radius 1 is 0.477 bits per heavy atom. The van der Waals surface area contributed by atoms with E-state index >= 15 is 0 Å². The Balaban J connectivity index is 1.07. The van der Waals surface area contributed by atoms with Gasteiger partial charge in [-0.2, -0.15) is 26.3 Å². The Bertz CT molecular complexity index is 3400. The van der Waals surface area contributed by atoms with Crippen LogP contribution < -0.4 is 35.5 Å². The average Bonchev–Trinajstić information content (AvgIpc) is 1.66. The molecule has 4 N–H and O–H groups in total. The normalized spacial score (nSPS) is 18.2. The number of halogens is 6. The van der Waals surface area contributed by atoms with Crippen molar-refractivity contribution in [3.63, 3.8) is 0 Å². The van der Waals surface area contributed by atoms with Crippen LogP contribution in [0.4, 0.5) is 45.5 Å². The number of hydrogen-bond acceptors (Lipinski definition) is 14. The molecular formula is C85H124F6N4O14. The summed E-state index contributed by atoms with van der Waals surface area (Å²) in [5, 5.41) is 11.7. The van der Waals surface area contributed by atoms with Crippen LogP contribution in [0.1, 0.15) is 236 Å². The highest BCUT2D eigenvalue weighted by Crippen LogP contribution is 2.62. The van der Waals surface area contributed by atoms with E-state index in [0.717, 1.165) is 109 Å². The summed E-state index contributed by atoms with van der Waals surface area (Å²) in [6, 6.07) is 24.9. The molecule has 109 heavy (non-hydrogen) atoms. The summed E-state index contributed by atoms with van der Waals surface area (Å²) >= 11 is 0. The molecule has 0 radical (unpaired) electrons. The summed E-state index contributed by atoms with van der Waals surface area (Å²) in [5.74, 6) is 3.16. The molecule has 4 aromatic rings. The van der Waals surface area contributed by atoms with Crippen LogP contribution >= 0.6 is 0 Å². The van der Waals surface area contributed by atoms with Crippen molar-refractivity contribution < 1.29 is 92.9 Å². The number of carbonyl (C=O) groups is 4. The minimum absolute atomic E-state index is 0.00657. The van der Waals surface area contributed by atoms with E-state index in [-0.39, 0.29) is 63.8 Å². The third-order valence-electron chi connectivity index (χ3n) is 20.0. The van der Waals surface area contributed by atoms with E-state index in [4.69, 9.17) is 47.4 Å². The van der Waals surface area contributed by atoms with Crippen molar-refractivity contribution in [2.24, 2.45) is 17.3 Å². The van der Waals surface area contributed by atoms with Gasteiger partial charge in [0, 0.05) is 45.8 Å². The number of alkyl carbamates (subject to hydrolysis) is 4. The predicted octanol–water partition coefficient (Wildman–Crippen LogP) is 19.1. The molecule has 3 aliphatic carbocycles. The van der Waals surface area contributed by atoms with E-state index in [1.165, 1.54) is 18.1 Å². The van der Waals surface area contributed by atoms with E-state index in [9.17, 15) is 45.5 Å². The lowest BCUT2D eigenvalue weighted by Crippen LogP contribution is -2.58. The van der Waals surface area contributed by atoms with E-state index in [0.29, 0.717) is 101 Å². The standard InChI is InChI=1S/C85H124F6N4O14/c1-15-40-83(84(86,87)88,85(89,90)91)105-51-24-49-102-71-34-33-70-69-31-29-61-56-66(30-32-67(61)68(69)35-41-82(70,71)14)101-48-23-50-104-73-64(38-44-94-76(98)108-80(8,9)10)54-60(55-65(73)39-45-95-77(99)109-81(11,12)13)28-27-59-52-62(36-42-92-74(96)106-78(2,3)4)72(63(53-59)37-43-93-75(97)107-79(5,6)7)103-47-22-17-16-21-46-100-57-58-25-19-18-20-26-58/h18-20,25-26,30,32,52-56,68-71H,15-17,21-24,27-29,31,33-51,57H2,1-14H3,(H,92,96)(H,93,97)(H,94,98)(H,95,99)/t68-,69-,70+,71+,82+/m1/s1. The summed E-state index contributed by atoms with van der Waals surface area (Å²) in [6.07, 6.45) is -3.01. The first-order valence-electron chi connectivity index (χ1n) is 39.4. The van der Waals surface area contributed by atoms with Crippen molar-refractivity contribution in [2.45, 2.75) is 284 Å². The van der Waals surface area contributed by atoms with Gasteiger partial charge in [0.25, 0.3) is 5.60 Å². The van der Waals surface area contributed by atoms with E-state index in [1.54, 1.807) is 41.5 Å². The molecule has 610 valence electrons. The van der Waals surface area contributed by atoms with Crippen molar-refractivity contribution in [1.29, 1.82) is 0 Å². The highest BCUT2D eigenvalue weighted by atomic mass is 19.4. The molecule has 4 aromatic carbocycles. The molecule has 18 nitrogen and oxygen atoms in total. The predicted molar refractivity (Wildman–Crippen MR) is 409 cm³/mol. The zero-order valence-corrected chi connectivity index (χ0v) is 67.1. The summed E-state index contributed by atoms with van der Waals surface area (Å²) in [4.78, 5) is 52.3. The quantitative estimate of drug-likeness (QED) is 0.0186. The van der Waals surface area contributed by atoms with Gasteiger partial charge in [0.1, 0.15) is 39.7 Å². The van der Waals surface area contributed by atoms with Crippen LogP contribution in [0.2, 0.25) is 0 Å². The SMILES string of the molecule is CCCC(OCCCO[C@H]1CC[C@H]2[C@@H]3CCc4cc(OCCCOc5c(CCNC(=O)OC(C)(C)C)cc(CCc6cc(CCNC(=O)OC(C)(C)C)c(OCCCCCCOCc7ccccc7)c(CCNC(=O)OC(C)(C)C)c6)cc5CCNC(=O)OC(C)(C)C)ccc4[C@H]3CC[C@]12C)(C(F)(F)F)C(F)(F)F. The van der Waals surface area contributed by atoms with Crippen LogP contribution in [-0.2, 0) is 84.7 Å². The molecule has 5 atom stereocenters. The van der Waals surface area contributed by atoms with Gasteiger partial charge in [-0.05, 0) is 278 Å². The Morgan fingerprint density at radius 3 is 1.39 bits per heavy atom. The molecule has 3 aliphatic rings. The van der Waals surface area contributed by atoms with Crippen molar-refractivity contribution >= 4 is 24.4 Å². The number of alkyl halides is 6. The Kier molecular flexibility index (Phi) is 32.9. The van der Waals surface area contributed by atoms with E-state index in [1.807, 2.05) is 65.8 Å². The Hall–Kier alpha value is -7.18. The maximum atomic E-state index is 13.9. The lowest BCUT2D eigenvalue weighted by Gasteiger charge is -2.50. The first-order valence-corrected chi connectivity index (χ1v) is 39.4. The smallest absolute Gasteiger partial charge is 0.426 e. The van der Waals surface area contributed by atoms with Gasteiger partial charge in [-0.25, -0.2) is 19.2 Å². The molecule has 0 aromatic heterocycles. The maximum Gasteiger partial charge on any atom is 0.426 e. The average molecular weight is 1540 g/mol. The molecule has 0 spiro atoms. The summed E-state index contributed by atoms with van der Waals surface area (Å²) in [6.45, 7) is 27.8. The fourth-order valence-electron chi connectivity index (χ4n) is 15.3. The minimum Gasteiger partial charge on any atom is -0.493 e. The van der Waals surface area contributed by atoms with Gasteiger partial charge in [-0.1, -0.05) is 87.4 Å². The molecule has 2 saturated carbocycles. The van der Waals surface area contributed by atoms with Crippen LogP contribution in [0, 0.1) is 17.3 Å². The number of unbranched alkanes of at least 4 members (excludes halogenated alkanes) is 3. The number of hydrogen-bond donors (Lipinski definition) is 4. The van der Waals surface area contributed by atoms with Gasteiger partial charge in [-0.3, -0.25) is 0 Å². The van der Waals surface area contributed by atoms with Crippen LogP contribution in [-0.4, -0.2) is 137 Å². The topological polar surface area (TPSA) is 209 Å². The second-order valence-electron chi connectivity index (χ2n) is 33.6. The fraction of sp³-hybridized carbons (Fsp3) is 0.671. The third kappa shape index (κ3) is 28.5. The summed E-state index contributed by atoms with van der Waals surface area (Å²) < 4.78 is 143. The fourth-order valence-corrected chi connectivity index (χ4v) is 15.3. The lowest BCUT2D eigenvalue weighted by atomic mass is 9.55. The number of benzene rings is 4. The highest BCUT2D eigenvalue weighted by Gasteiger charge is 2.71. The van der Waals surface area contributed by atoms with E-state index < -0.39 is 77.8 Å². The molecule has 0 saturated heterocycles. The molecule has 7 rings (SSSR count). The van der Waals surface area contributed by atoms with Gasteiger partial charge >= 0.3 is 36.7 Å². The molecule has 0 heterocycles. The second-order valence-corrected chi connectivity index (χ2v) is 33.6. The number of nitrogens with one attached hydrogen (secondary N) is 4. The van der Waals surface area contributed by atoms with Gasteiger partial charge in [0.05, 0.1) is 39.1 Å². The second kappa shape index (κ2) is 40.3. The largest absolute Gasteiger partial charge is 0.493 e. The molecule has 24 heteroatoms. The molecular weight excluding hydrogens is 1410 g/mol. The lowest BCUT2D eigenvalue weighted by molar-refractivity contribution is -0.383. The van der Waals surface area contributed by atoms with Gasteiger partial charge in [-0.15, -0.1) is 0 Å². The maximum absolute atomic E-state index is 13.9. The number of ether oxygens (including phenoxy) is 10. The minimum atomic E-state index is -5.61. The van der Waals surface area contributed by atoms with Crippen molar-refractivity contribution in [3.8, 4) is 17.2 Å². The molecule has 0 unspecified atom stereocenters. The van der Waals surface area contributed by atoms with Crippen molar-refractivity contribution in [1.82, 2.24) is 21.3 Å². The van der Waals surface area contributed by atoms with Crippen LogP contribution in [0.15, 0.2) is 72.8 Å². The molecule has 0 aliphatic heterocycles. The van der Waals surface area contributed by atoms with Gasteiger partial charge in [0.15, 0.2) is 0 Å². The first-order chi connectivity index (χ1) is 51.2.